The Morgan fingerprint density at radius 2 is 2.06 bits per heavy atom. The fourth-order valence-corrected chi connectivity index (χ4v) is 4.34. The van der Waals surface area contributed by atoms with E-state index < -0.39 is 0 Å². The summed E-state index contributed by atoms with van der Waals surface area (Å²) < 4.78 is 0. The molecule has 4 heteroatoms. The van der Waals surface area contributed by atoms with Crippen molar-refractivity contribution in [2.75, 3.05) is 31.1 Å². The highest BCUT2D eigenvalue weighted by atomic mass is 32.2. The SMILES string of the molecule is O=C(C1NCC2CCCC21)N1CCSCC1. The van der Waals surface area contributed by atoms with Crippen molar-refractivity contribution in [2.24, 2.45) is 11.8 Å². The Balaban J connectivity index is 1.65. The summed E-state index contributed by atoms with van der Waals surface area (Å²) in [6.07, 6.45) is 3.92. The fourth-order valence-electron chi connectivity index (χ4n) is 3.44. The first-order valence-corrected chi connectivity index (χ1v) is 7.61. The molecular weight excluding hydrogens is 220 g/mol. The average molecular weight is 240 g/mol. The van der Waals surface area contributed by atoms with Crippen LogP contribution in [-0.4, -0.2) is 48.0 Å². The van der Waals surface area contributed by atoms with Crippen molar-refractivity contribution in [3.05, 3.63) is 0 Å². The highest BCUT2D eigenvalue weighted by Gasteiger charge is 2.43. The number of nitrogens with zero attached hydrogens (tertiary/aromatic N) is 1. The van der Waals surface area contributed by atoms with Gasteiger partial charge in [-0.15, -0.1) is 0 Å². The molecule has 0 aromatic carbocycles. The van der Waals surface area contributed by atoms with Crippen LogP contribution in [0.5, 0.6) is 0 Å². The van der Waals surface area contributed by atoms with Gasteiger partial charge in [-0.1, -0.05) is 6.42 Å². The summed E-state index contributed by atoms with van der Waals surface area (Å²) in [5.74, 6) is 4.05. The highest BCUT2D eigenvalue weighted by molar-refractivity contribution is 7.99. The van der Waals surface area contributed by atoms with E-state index in [9.17, 15) is 4.79 Å². The molecule has 2 heterocycles. The molecule has 90 valence electrons. The van der Waals surface area contributed by atoms with Crippen LogP contribution < -0.4 is 5.32 Å². The number of rotatable bonds is 1. The topological polar surface area (TPSA) is 32.3 Å². The minimum atomic E-state index is 0.149. The minimum absolute atomic E-state index is 0.149. The molecule has 3 unspecified atom stereocenters. The van der Waals surface area contributed by atoms with E-state index in [1.54, 1.807) is 0 Å². The molecule has 16 heavy (non-hydrogen) atoms. The van der Waals surface area contributed by atoms with Gasteiger partial charge in [0.05, 0.1) is 6.04 Å². The molecule has 0 aromatic rings. The number of fused-ring (bicyclic) bond motifs is 1. The lowest BCUT2D eigenvalue weighted by molar-refractivity contribution is -0.133. The first kappa shape index (κ1) is 10.9. The van der Waals surface area contributed by atoms with E-state index in [0.29, 0.717) is 11.8 Å². The Morgan fingerprint density at radius 3 is 2.88 bits per heavy atom. The van der Waals surface area contributed by atoms with E-state index in [-0.39, 0.29) is 6.04 Å². The Bertz CT molecular complexity index is 278. The summed E-state index contributed by atoms with van der Waals surface area (Å²) in [6.45, 7) is 2.99. The molecule has 2 aliphatic heterocycles. The Hall–Kier alpha value is -0.220. The molecule has 1 N–H and O–H groups in total. The third-order valence-corrected chi connectivity index (χ3v) is 5.28. The minimum Gasteiger partial charge on any atom is -0.340 e. The summed E-state index contributed by atoms with van der Waals surface area (Å²) in [7, 11) is 0. The number of nitrogens with one attached hydrogen (secondary N) is 1. The Labute approximate surface area is 101 Å². The zero-order valence-electron chi connectivity index (χ0n) is 9.65. The van der Waals surface area contributed by atoms with Crippen LogP contribution in [0.25, 0.3) is 0 Å². The van der Waals surface area contributed by atoms with Crippen molar-refractivity contribution in [1.29, 1.82) is 0 Å². The van der Waals surface area contributed by atoms with E-state index in [2.05, 4.69) is 10.2 Å². The molecule has 3 fully saturated rings. The van der Waals surface area contributed by atoms with E-state index in [4.69, 9.17) is 0 Å². The predicted molar refractivity (Wildman–Crippen MR) is 66.5 cm³/mol. The van der Waals surface area contributed by atoms with Gasteiger partial charge in [0, 0.05) is 24.6 Å². The van der Waals surface area contributed by atoms with Crippen molar-refractivity contribution < 1.29 is 4.79 Å². The summed E-state index contributed by atoms with van der Waals surface area (Å²) in [4.78, 5) is 14.5. The monoisotopic (exact) mass is 240 g/mol. The van der Waals surface area contributed by atoms with Gasteiger partial charge in [-0.05, 0) is 31.2 Å². The van der Waals surface area contributed by atoms with Crippen LogP contribution in [0.15, 0.2) is 0 Å². The molecule has 1 saturated carbocycles. The summed E-state index contributed by atoms with van der Waals surface area (Å²) in [5, 5.41) is 3.46. The maximum Gasteiger partial charge on any atom is 0.240 e. The van der Waals surface area contributed by atoms with E-state index in [1.165, 1.54) is 19.3 Å². The highest BCUT2D eigenvalue weighted by Crippen LogP contribution is 2.38. The standard InChI is InChI=1S/C12H20N2OS/c15-12(14-4-6-16-7-5-14)11-10-3-1-2-9(10)8-13-11/h9-11,13H,1-8H2. The number of amides is 1. The van der Waals surface area contributed by atoms with Gasteiger partial charge in [-0.25, -0.2) is 0 Å². The number of carbonyl (C=O) groups is 1. The zero-order valence-corrected chi connectivity index (χ0v) is 10.5. The smallest absolute Gasteiger partial charge is 0.240 e. The maximum atomic E-state index is 12.4. The van der Waals surface area contributed by atoms with Crippen molar-refractivity contribution in [3.8, 4) is 0 Å². The van der Waals surface area contributed by atoms with Crippen molar-refractivity contribution in [2.45, 2.75) is 25.3 Å². The molecule has 1 aliphatic carbocycles. The predicted octanol–water partition coefficient (Wildman–Crippen LogP) is 0.950. The number of thioether (sulfide) groups is 1. The van der Waals surface area contributed by atoms with Crippen LogP contribution >= 0.6 is 11.8 Å². The Morgan fingerprint density at radius 1 is 1.25 bits per heavy atom. The van der Waals surface area contributed by atoms with Crippen LogP contribution in [0.3, 0.4) is 0 Å². The number of hydrogen-bond donors (Lipinski definition) is 1. The van der Waals surface area contributed by atoms with Crippen LogP contribution in [0.4, 0.5) is 0 Å². The average Bonchev–Trinajstić information content (AvgIpc) is 2.91. The molecule has 3 nitrogen and oxygen atoms in total. The molecule has 0 spiro atoms. The van der Waals surface area contributed by atoms with Crippen molar-refractivity contribution >= 4 is 17.7 Å². The van der Waals surface area contributed by atoms with Gasteiger partial charge in [0.2, 0.25) is 5.91 Å². The van der Waals surface area contributed by atoms with Crippen LogP contribution in [0.2, 0.25) is 0 Å². The first-order valence-electron chi connectivity index (χ1n) is 6.46. The second-order valence-electron chi connectivity index (χ2n) is 5.18. The molecule has 0 bridgehead atoms. The molecule has 1 amide bonds. The molecule has 3 atom stereocenters. The van der Waals surface area contributed by atoms with Gasteiger partial charge in [0.15, 0.2) is 0 Å². The first-order chi connectivity index (χ1) is 7.86. The largest absolute Gasteiger partial charge is 0.340 e. The number of hydrogen-bond acceptors (Lipinski definition) is 3. The Kier molecular flexibility index (Phi) is 3.11. The third-order valence-electron chi connectivity index (χ3n) is 4.33. The number of carbonyl (C=O) groups excluding carboxylic acids is 1. The second-order valence-corrected chi connectivity index (χ2v) is 6.40. The second kappa shape index (κ2) is 4.57. The maximum absolute atomic E-state index is 12.4. The van der Waals surface area contributed by atoms with Gasteiger partial charge in [-0.3, -0.25) is 4.79 Å². The molecule has 2 saturated heterocycles. The molecule has 0 aromatic heterocycles. The lowest BCUT2D eigenvalue weighted by atomic mass is 9.93. The lowest BCUT2D eigenvalue weighted by Crippen LogP contribution is -2.49. The normalized spacial score (nSPS) is 38.8. The molecule has 3 rings (SSSR count). The van der Waals surface area contributed by atoms with Crippen molar-refractivity contribution in [3.63, 3.8) is 0 Å². The van der Waals surface area contributed by atoms with Gasteiger partial charge >= 0.3 is 0 Å². The zero-order chi connectivity index (χ0) is 11.0. The van der Waals surface area contributed by atoms with Crippen LogP contribution in [-0.2, 0) is 4.79 Å². The van der Waals surface area contributed by atoms with Gasteiger partial charge in [-0.2, -0.15) is 11.8 Å². The summed E-state index contributed by atoms with van der Waals surface area (Å²) in [6, 6.07) is 0.149. The van der Waals surface area contributed by atoms with Gasteiger partial charge in [0.1, 0.15) is 0 Å². The quantitative estimate of drug-likeness (QED) is 0.740. The van der Waals surface area contributed by atoms with Gasteiger partial charge in [0.25, 0.3) is 0 Å². The van der Waals surface area contributed by atoms with Crippen LogP contribution in [0, 0.1) is 11.8 Å². The van der Waals surface area contributed by atoms with E-state index >= 15 is 0 Å². The third kappa shape index (κ3) is 1.86. The van der Waals surface area contributed by atoms with Gasteiger partial charge < -0.3 is 10.2 Å². The lowest BCUT2D eigenvalue weighted by Gasteiger charge is -2.30. The summed E-state index contributed by atoms with van der Waals surface area (Å²) in [5.41, 5.74) is 0. The van der Waals surface area contributed by atoms with E-state index in [0.717, 1.165) is 37.1 Å². The molecular formula is C12H20N2OS. The molecule has 3 aliphatic rings. The molecule has 0 radical (unpaired) electrons. The van der Waals surface area contributed by atoms with E-state index in [1.807, 2.05) is 11.8 Å². The fraction of sp³-hybridized carbons (Fsp3) is 0.917. The van der Waals surface area contributed by atoms with Crippen LogP contribution in [0.1, 0.15) is 19.3 Å². The summed E-state index contributed by atoms with van der Waals surface area (Å²) >= 11 is 1.96. The van der Waals surface area contributed by atoms with Crippen molar-refractivity contribution in [1.82, 2.24) is 10.2 Å².